The minimum atomic E-state index is -0.419. The van der Waals surface area contributed by atoms with Crippen LogP contribution in [0, 0.1) is 5.82 Å². The van der Waals surface area contributed by atoms with E-state index in [0.29, 0.717) is 29.8 Å². The highest BCUT2D eigenvalue weighted by atomic mass is 19.1. The van der Waals surface area contributed by atoms with Gasteiger partial charge in [-0.1, -0.05) is 6.92 Å². The lowest BCUT2D eigenvalue weighted by molar-refractivity contribution is 0.321. The van der Waals surface area contributed by atoms with E-state index in [1.54, 1.807) is 18.2 Å². The smallest absolute Gasteiger partial charge is 0.167 e. The molecule has 0 saturated carbocycles. The largest absolute Gasteiger partial charge is 0.491 e. The molecule has 21 heavy (non-hydrogen) atoms. The van der Waals surface area contributed by atoms with Gasteiger partial charge in [0.15, 0.2) is 11.6 Å². The van der Waals surface area contributed by atoms with Crippen molar-refractivity contribution in [2.24, 2.45) is 0 Å². The topological polar surface area (TPSA) is 73.1 Å². The second kappa shape index (κ2) is 6.88. The fraction of sp³-hybridized carbons (Fsp3) is 0.333. The van der Waals surface area contributed by atoms with E-state index in [4.69, 9.17) is 10.5 Å². The van der Waals surface area contributed by atoms with Crippen LogP contribution in [-0.2, 0) is 6.42 Å². The Kier molecular flexibility index (Phi) is 4.92. The summed E-state index contributed by atoms with van der Waals surface area (Å²) in [5.41, 5.74) is 6.33. The van der Waals surface area contributed by atoms with E-state index in [9.17, 15) is 4.39 Å². The second-order valence-corrected chi connectivity index (χ2v) is 4.55. The number of halogens is 1. The molecule has 0 spiro atoms. The van der Waals surface area contributed by atoms with Crippen molar-refractivity contribution >= 4 is 17.3 Å². The van der Waals surface area contributed by atoms with E-state index in [0.717, 1.165) is 12.8 Å². The van der Waals surface area contributed by atoms with Crippen LogP contribution in [0.1, 0.15) is 26.1 Å². The van der Waals surface area contributed by atoms with E-state index < -0.39 is 5.82 Å². The summed E-state index contributed by atoms with van der Waals surface area (Å²) in [6.07, 6.45) is 1.68. The van der Waals surface area contributed by atoms with E-state index in [1.807, 2.05) is 13.8 Å². The van der Waals surface area contributed by atoms with E-state index in [1.165, 1.54) is 6.07 Å². The molecule has 0 aliphatic carbocycles. The summed E-state index contributed by atoms with van der Waals surface area (Å²) < 4.78 is 19.0. The Morgan fingerprint density at radius 2 is 2.05 bits per heavy atom. The maximum absolute atomic E-state index is 13.8. The average Bonchev–Trinajstić information content (AvgIpc) is 2.42. The summed E-state index contributed by atoms with van der Waals surface area (Å²) in [6, 6.07) is 6.29. The predicted octanol–water partition coefficient (Wildman–Crippen LogP) is 3.29. The molecule has 0 aliphatic rings. The fourth-order valence-electron chi connectivity index (χ4n) is 1.92. The van der Waals surface area contributed by atoms with Crippen molar-refractivity contribution in [3.63, 3.8) is 0 Å². The van der Waals surface area contributed by atoms with Crippen molar-refractivity contribution in [3.05, 3.63) is 35.9 Å². The van der Waals surface area contributed by atoms with Gasteiger partial charge in [0.05, 0.1) is 6.61 Å². The SMILES string of the molecule is CCCc1nc(N)cc(Nc2ccc(OCC)c(F)c2)n1. The Bertz CT molecular complexity index is 619. The Morgan fingerprint density at radius 3 is 2.71 bits per heavy atom. The van der Waals surface area contributed by atoms with Crippen LogP contribution in [0.3, 0.4) is 0 Å². The van der Waals surface area contributed by atoms with Crippen LogP contribution >= 0.6 is 0 Å². The first-order chi connectivity index (χ1) is 10.1. The van der Waals surface area contributed by atoms with Gasteiger partial charge < -0.3 is 15.8 Å². The number of benzene rings is 1. The summed E-state index contributed by atoms with van der Waals surface area (Å²) in [6.45, 7) is 4.28. The molecule has 0 radical (unpaired) electrons. The van der Waals surface area contributed by atoms with Gasteiger partial charge >= 0.3 is 0 Å². The summed E-state index contributed by atoms with van der Waals surface area (Å²) in [7, 11) is 0. The highest BCUT2D eigenvalue weighted by Gasteiger charge is 2.06. The number of nitrogens with two attached hydrogens (primary N) is 1. The van der Waals surface area contributed by atoms with Crippen molar-refractivity contribution in [2.45, 2.75) is 26.7 Å². The molecule has 1 aromatic heterocycles. The number of hydrogen-bond donors (Lipinski definition) is 2. The molecule has 0 aliphatic heterocycles. The Morgan fingerprint density at radius 1 is 1.24 bits per heavy atom. The monoisotopic (exact) mass is 290 g/mol. The third-order valence-electron chi connectivity index (χ3n) is 2.77. The second-order valence-electron chi connectivity index (χ2n) is 4.55. The van der Waals surface area contributed by atoms with Gasteiger partial charge in [-0.05, 0) is 25.5 Å². The molecule has 0 bridgehead atoms. The summed E-state index contributed by atoms with van der Waals surface area (Å²) in [5, 5.41) is 3.03. The van der Waals surface area contributed by atoms with Gasteiger partial charge in [0, 0.05) is 24.2 Å². The zero-order valence-electron chi connectivity index (χ0n) is 12.2. The van der Waals surface area contributed by atoms with Crippen LogP contribution < -0.4 is 15.8 Å². The number of hydrogen-bond acceptors (Lipinski definition) is 5. The van der Waals surface area contributed by atoms with Crippen LogP contribution in [0.2, 0.25) is 0 Å². The lowest BCUT2D eigenvalue weighted by Gasteiger charge is -2.10. The van der Waals surface area contributed by atoms with Crippen molar-refractivity contribution < 1.29 is 9.13 Å². The third-order valence-corrected chi connectivity index (χ3v) is 2.77. The molecule has 3 N–H and O–H groups in total. The first kappa shape index (κ1) is 15.0. The number of ether oxygens (including phenoxy) is 1. The van der Waals surface area contributed by atoms with E-state index in [2.05, 4.69) is 15.3 Å². The lowest BCUT2D eigenvalue weighted by Crippen LogP contribution is -2.04. The Balaban J connectivity index is 2.19. The van der Waals surface area contributed by atoms with Crippen molar-refractivity contribution in [1.29, 1.82) is 0 Å². The maximum Gasteiger partial charge on any atom is 0.167 e. The molecule has 1 aromatic carbocycles. The highest BCUT2D eigenvalue weighted by molar-refractivity contribution is 5.59. The average molecular weight is 290 g/mol. The minimum absolute atomic E-state index is 0.233. The summed E-state index contributed by atoms with van der Waals surface area (Å²) >= 11 is 0. The number of aromatic nitrogens is 2. The Labute approximate surface area is 123 Å². The molecule has 2 rings (SSSR count). The number of aryl methyl sites for hydroxylation is 1. The minimum Gasteiger partial charge on any atom is -0.491 e. The van der Waals surface area contributed by atoms with Crippen LogP contribution in [-0.4, -0.2) is 16.6 Å². The number of nitrogens with one attached hydrogen (secondary N) is 1. The molecule has 2 aromatic rings. The third kappa shape index (κ3) is 4.05. The van der Waals surface area contributed by atoms with Gasteiger partial charge in [0.1, 0.15) is 17.5 Å². The molecule has 5 nitrogen and oxygen atoms in total. The zero-order valence-corrected chi connectivity index (χ0v) is 12.2. The van der Waals surface area contributed by atoms with Crippen molar-refractivity contribution in [2.75, 3.05) is 17.7 Å². The molecule has 1 heterocycles. The standard InChI is InChI=1S/C15H19FN4O/c1-3-5-14-19-13(17)9-15(20-14)18-10-6-7-12(21-4-2)11(16)8-10/h6-9H,3-5H2,1-2H3,(H3,17,18,19,20). The number of nitrogen functional groups attached to an aromatic ring is 1. The van der Waals surface area contributed by atoms with Gasteiger partial charge in [0.25, 0.3) is 0 Å². The quantitative estimate of drug-likeness (QED) is 0.854. The molecule has 0 unspecified atom stereocenters. The van der Waals surface area contributed by atoms with Gasteiger partial charge in [0.2, 0.25) is 0 Å². The van der Waals surface area contributed by atoms with Gasteiger partial charge in [-0.3, -0.25) is 0 Å². The highest BCUT2D eigenvalue weighted by Crippen LogP contribution is 2.23. The fourth-order valence-corrected chi connectivity index (χ4v) is 1.92. The maximum atomic E-state index is 13.8. The predicted molar refractivity (Wildman–Crippen MR) is 81.3 cm³/mol. The van der Waals surface area contributed by atoms with Gasteiger partial charge in [-0.25, -0.2) is 14.4 Å². The molecule has 112 valence electrons. The van der Waals surface area contributed by atoms with E-state index >= 15 is 0 Å². The number of anilines is 3. The Hall–Kier alpha value is -2.37. The molecule has 0 saturated heterocycles. The number of rotatable bonds is 6. The van der Waals surface area contributed by atoms with Gasteiger partial charge in [-0.15, -0.1) is 0 Å². The lowest BCUT2D eigenvalue weighted by atomic mass is 10.3. The molecule has 0 fully saturated rings. The first-order valence-electron chi connectivity index (χ1n) is 6.95. The van der Waals surface area contributed by atoms with Crippen molar-refractivity contribution in [3.8, 4) is 5.75 Å². The van der Waals surface area contributed by atoms with Crippen LogP contribution in [0.15, 0.2) is 24.3 Å². The van der Waals surface area contributed by atoms with Crippen LogP contribution in [0.4, 0.5) is 21.7 Å². The normalized spacial score (nSPS) is 10.4. The van der Waals surface area contributed by atoms with Crippen LogP contribution in [0.25, 0.3) is 0 Å². The summed E-state index contributed by atoms with van der Waals surface area (Å²) in [5.74, 6) is 1.43. The van der Waals surface area contributed by atoms with Crippen LogP contribution in [0.5, 0.6) is 5.75 Å². The number of nitrogens with zero attached hydrogens (tertiary/aromatic N) is 2. The molecular weight excluding hydrogens is 271 g/mol. The molecule has 0 atom stereocenters. The molecule has 6 heteroatoms. The first-order valence-corrected chi connectivity index (χ1v) is 6.95. The molecular formula is C15H19FN4O. The summed E-state index contributed by atoms with van der Waals surface area (Å²) in [4.78, 5) is 8.50. The van der Waals surface area contributed by atoms with Gasteiger partial charge in [-0.2, -0.15) is 0 Å². The van der Waals surface area contributed by atoms with Crippen molar-refractivity contribution in [1.82, 2.24) is 9.97 Å². The molecule has 0 amide bonds. The zero-order chi connectivity index (χ0) is 15.2. The van der Waals surface area contributed by atoms with E-state index in [-0.39, 0.29) is 5.75 Å².